The van der Waals surface area contributed by atoms with Crippen molar-refractivity contribution in [3.05, 3.63) is 40.4 Å². The number of nitrogen functional groups attached to an aromatic ring is 1. The smallest absolute Gasteiger partial charge is 0.253 e. The van der Waals surface area contributed by atoms with E-state index < -0.39 is 0 Å². The average Bonchev–Trinajstić information content (AvgIpc) is 2.81. The number of nitrogens with two attached hydrogens (primary N) is 1. The number of hydrogen-bond donors (Lipinski definition) is 1. The van der Waals surface area contributed by atoms with Crippen molar-refractivity contribution in [1.29, 1.82) is 5.26 Å². The van der Waals surface area contributed by atoms with Crippen LogP contribution in [0.1, 0.15) is 37.4 Å². The van der Waals surface area contributed by atoms with Crippen molar-refractivity contribution in [2.75, 3.05) is 5.73 Å². The van der Waals surface area contributed by atoms with Gasteiger partial charge in [-0.1, -0.05) is 36.7 Å². The number of nitriles is 1. The van der Waals surface area contributed by atoms with Gasteiger partial charge in [-0.2, -0.15) is 5.26 Å². The summed E-state index contributed by atoms with van der Waals surface area (Å²) >= 11 is 6.08. The molecule has 5 nitrogen and oxygen atoms in total. The first-order valence-corrected chi connectivity index (χ1v) is 7.10. The van der Waals surface area contributed by atoms with Gasteiger partial charge in [0, 0.05) is 10.6 Å². The van der Waals surface area contributed by atoms with E-state index in [1.165, 1.54) is 0 Å². The highest BCUT2D eigenvalue weighted by Gasteiger charge is 2.19. The van der Waals surface area contributed by atoms with Gasteiger partial charge in [0.15, 0.2) is 5.56 Å². The molecule has 2 aromatic rings. The van der Waals surface area contributed by atoms with Gasteiger partial charge in [0.1, 0.15) is 18.5 Å². The molecule has 1 atom stereocenters. The standard InChI is InChI=1S/C15H17ClN4O/c1-3-10(2)20-14(18)12(8-17)15(19-20)21-9-11-6-4-5-7-13(11)16/h4-7,10H,3,9,18H2,1-2H3. The van der Waals surface area contributed by atoms with Gasteiger partial charge in [0.2, 0.25) is 0 Å². The number of hydrogen-bond acceptors (Lipinski definition) is 4. The Morgan fingerprint density at radius 3 is 2.81 bits per heavy atom. The predicted octanol–water partition coefficient (Wildman–Crippen LogP) is 3.54. The zero-order valence-electron chi connectivity index (χ0n) is 12.0. The SMILES string of the molecule is CCC(C)n1nc(OCc2ccccc2Cl)c(C#N)c1N. The molecule has 6 heteroatoms. The second kappa shape index (κ2) is 6.51. The van der Waals surface area contributed by atoms with E-state index in [-0.39, 0.29) is 24.1 Å². The molecule has 0 aliphatic carbocycles. The normalized spacial score (nSPS) is 11.9. The molecule has 21 heavy (non-hydrogen) atoms. The molecule has 1 heterocycles. The van der Waals surface area contributed by atoms with Crippen molar-refractivity contribution >= 4 is 17.4 Å². The van der Waals surface area contributed by atoms with E-state index in [0.29, 0.717) is 10.8 Å². The molecule has 0 saturated heterocycles. The molecule has 110 valence electrons. The molecule has 0 radical (unpaired) electrons. The third-order valence-electron chi connectivity index (χ3n) is 3.36. The molecule has 0 amide bonds. The van der Waals surface area contributed by atoms with Gasteiger partial charge in [-0.05, 0) is 19.4 Å². The first-order chi connectivity index (χ1) is 10.1. The van der Waals surface area contributed by atoms with Crippen molar-refractivity contribution < 1.29 is 4.74 Å². The van der Waals surface area contributed by atoms with E-state index in [2.05, 4.69) is 5.10 Å². The third-order valence-corrected chi connectivity index (χ3v) is 3.73. The van der Waals surface area contributed by atoms with Crippen LogP contribution in [0.2, 0.25) is 5.02 Å². The zero-order valence-corrected chi connectivity index (χ0v) is 12.8. The third kappa shape index (κ3) is 3.11. The number of aromatic nitrogens is 2. The average molecular weight is 305 g/mol. The summed E-state index contributed by atoms with van der Waals surface area (Å²) in [6, 6.07) is 9.53. The maximum absolute atomic E-state index is 9.23. The predicted molar refractivity (Wildman–Crippen MR) is 82.1 cm³/mol. The Kier molecular flexibility index (Phi) is 4.71. The minimum Gasteiger partial charge on any atom is -0.471 e. The van der Waals surface area contributed by atoms with Crippen LogP contribution in [0.5, 0.6) is 5.88 Å². The quantitative estimate of drug-likeness (QED) is 0.916. The van der Waals surface area contributed by atoms with Gasteiger partial charge in [0.05, 0.1) is 6.04 Å². The van der Waals surface area contributed by atoms with Crippen molar-refractivity contribution in [1.82, 2.24) is 9.78 Å². The highest BCUT2D eigenvalue weighted by Crippen LogP contribution is 2.28. The summed E-state index contributed by atoms with van der Waals surface area (Å²) in [5, 5.41) is 14.1. The largest absolute Gasteiger partial charge is 0.471 e. The fourth-order valence-corrected chi connectivity index (χ4v) is 2.09. The molecule has 0 spiro atoms. The molecular weight excluding hydrogens is 288 g/mol. The molecule has 0 fully saturated rings. The lowest BCUT2D eigenvalue weighted by Crippen LogP contribution is -2.09. The molecular formula is C15H17ClN4O. The van der Waals surface area contributed by atoms with E-state index in [1.54, 1.807) is 10.7 Å². The van der Waals surface area contributed by atoms with Gasteiger partial charge in [-0.15, -0.1) is 5.10 Å². The van der Waals surface area contributed by atoms with Crippen LogP contribution in [-0.4, -0.2) is 9.78 Å². The van der Waals surface area contributed by atoms with E-state index in [9.17, 15) is 5.26 Å². The Hall–Kier alpha value is -2.19. The van der Waals surface area contributed by atoms with Gasteiger partial charge in [-0.3, -0.25) is 0 Å². The molecule has 1 aromatic heterocycles. The van der Waals surface area contributed by atoms with Crippen molar-refractivity contribution in [2.45, 2.75) is 32.9 Å². The lowest BCUT2D eigenvalue weighted by molar-refractivity contribution is 0.286. The monoisotopic (exact) mass is 304 g/mol. The van der Waals surface area contributed by atoms with Crippen LogP contribution in [0.25, 0.3) is 0 Å². The fourth-order valence-electron chi connectivity index (χ4n) is 1.90. The van der Waals surface area contributed by atoms with Gasteiger partial charge < -0.3 is 10.5 Å². The Morgan fingerprint density at radius 2 is 2.19 bits per heavy atom. The minimum atomic E-state index is 0.106. The Balaban J connectivity index is 2.25. The summed E-state index contributed by atoms with van der Waals surface area (Å²) in [5.74, 6) is 0.580. The molecule has 1 aromatic carbocycles. The van der Waals surface area contributed by atoms with E-state index in [4.69, 9.17) is 22.1 Å². The molecule has 0 bridgehead atoms. The van der Waals surface area contributed by atoms with E-state index >= 15 is 0 Å². The van der Waals surface area contributed by atoms with E-state index in [0.717, 1.165) is 12.0 Å². The zero-order chi connectivity index (χ0) is 15.4. The van der Waals surface area contributed by atoms with Crippen molar-refractivity contribution in [3.8, 4) is 11.9 Å². The highest BCUT2D eigenvalue weighted by molar-refractivity contribution is 6.31. The maximum Gasteiger partial charge on any atom is 0.253 e. The first kappa shape index (κ1) is 15.2. The number of nitrogens with zero attached hydrogens (tertiary/aromatic N) is 3. The second-order valence-corrected chi connectivity index (χ2v) is 5.17. The number of rotatable bonds is 5. The summed E-state index contributed by atoms with van der Waals surface area (Å²) in [4.78, 5) is 0. The summed E-state index contributed by atoms with van der Waals surface area (Å²) in [6.45, 7) is 4.26. The fraction of sp³-hybridized carbons (Fsp3) is 0.333. The Labute approximate surface area is 128 Å². The van der Waals surface area contributed by atoms with Crippen LogP contribution in [0.4, 0.5) is 5.82 Å². The van der Waals surface area contributed by atoms with Crippen molar-refractivity contribution in [3.63, 3.8) is 0 Å². The number of benzene rings is 1. The summed E-state index contributed by atoms with van der Waals surface area (Å²) < 4.78 is 7.26. The molecule has 2 rings (SSSR count). The lowest BCUT2D eigenvalue weighted by Gasteiger charge is -2.10. The van der Waals surface area contributed by atoms with Gasteiger partial charge >= 0.3 is 0 Å². The van der Waals surface area contributed by atoms with Crippen LogP contribution in [0, 0.1) is 11.3 Å². The topological polar surface area (TPSA) is 76.9 Å². The van der Waals surface area contributed by atoms with Crippen LogP contribution in [-0.2, 0) is 6.61 Å². The van der Waals surface area contributed by atoms with E-state index in [1.807, 2.05) is 38.1 Å². The minimum absolute atomic E-state index is 0.106. The van der Waals surface area contributed by atoms with Crippen LogP contribution < -0.4 is 10.5 Å². The molecule has 1 unspecified atom stereocenters. The number of ether oxygens (including phenoxy) is 1. The summed E-state index contributed by atoms with van der Waals surface area (Å²) in [6.07, 6.45) is 0.862. The van der Waals surface area contributed by atoms with Crippen LogP contribution in [0.3, 0.4) is 0 Å². The number of anilines is 1. The van der Waals surface area contributed by atoms with Crippen LogP contribution >= 0.6 is 11.6 Å². The summed E-state index contributed by atoms with van der Waals surface area (Å²) in [5.41, 5.74) is 7.06. The molecule has 0 aliphatic rings. The first-order valence-electron chi connectivity index (χ1n) is 6.72. The molecule has 0 aliphatic heterocycles. The molecule has 2 N–H and O–H groups in total. The number of halogens is 1. The maximum atomic E-state index is 9.23. The summed E-state index contributed by atoms with van der Waals surface area (Å²) in [7, 11) is 0. The van der Waals surface area contributed by atoms with Crippen LogP contribution in [0.15, 0.2) is 24.3 Å². The van der Waals surface area contributed by atoms with Gasteiger partial charge in [0.25, 0.3) is 5.88 Å². The Bertz CT molecular complexity index is 675. The Morgan fingerprint density at radius 1 is 1.48 bits per heavy atom. The van der Waals surface area contributed by atoms with Gasteiger partial charge in [-0.25, -0.2) is 4.68 Å². The second-order valence-electron chi connectivity index (χ2n) is 4.76. The van der Waals surface area contributed by atoms with Crippen molar-refractivity contribution in [2.24, 2.45) is 0 Å². The lowest BCUT2D eigenvalue weighted by atomic mass is 10.2. The molecule has 0 saturated carbocycles. The highest BCUT2D eigenvalue weighted by atomic mass is 35.5.